The SMILES string of the molecule is CCNCCC(C)O. The highest BCUT2D eigenvalue weighted by Gasteiger charge is 1.91. The van der Waals surface area contributed by atoms with E-state index in [-0.39, 0.29) is 6.10 Å². The van der Waals surface area contributed by atoms with Gasteiger partial charge in [-0.1, -0.05) is 6.92 Å². The van der Waals surface area contributed by atoms with Crippen molar-refractivity contribution >= 4 is 0 Å². The minimum absolute atomic E-state index is 0.158. The van der Waals surface area contributed by atoms with Crippen molar-refractivity contribution in [3.63, 3.8) is 0 Å². The largest absolute Gasteiger partial charge is 0.393 e. The zero-order valence-corrected chi connectivity index (χ0v) is 5.65. The first kappa shape index (κ1) is 7.92. The van der Waals surface area contributed by atoms with Gasteiger partial charge in [-0.3, -0.25) is 0 Å². The Hall–Kier alpha value is -0.0800. The lowest BCUT2D eigenvalue weighted by atomic mass is 10.3. The van der Waals surface area contributed by atoms with E-state index < -0.39 is 0 Å². The number of nitrogens with one attached hydrogen (secondary N) is 1. The summed E-state index contributed by atoms with van der Waals surface area (Å²) < 4.78 is 0. The number of hydrogen-bond acceptors (Lipinski definition) is 2. The van der Waals surface area contributed by atoms with Crippen molar-refractivity contribution in [2.45, 2.75) is 26.4 Å². The van der Waals surface area contributed by atoms with Gasteiger partial charge in [0.05, 0.1) is 6.10 Å². The second kappa shape index (κ2) is 5.06. The number of aliphatic hydroxyl groups excluding tert-OH is 1. The van der Waals surface area contributed by atoms with Crippen LogP contribution in [0.15, 0.2) is 0 Å². The molecule has 1 unspecified atom stereocenters. The van der Waals surface area contributed by atoms with Crippen LogP contribution < -0.4 is 5.32 Å². The highest BCUT2D eigenvalue weighted by Crippen LogP contribution is 1.84. The monoisotopic (exact) mass is 117 g/mol. The Morgan fingerprint density at radius 1 is 1.62 bits per heavy atom. The van der Waals surface area contributed by atoms with Crippen molar-refractivity contribution < 1.29 is 5.11 Å². The smallest absolute Gasteiger partial charge is 0.0524 e. The van der Waals surface area contributed by atoms with E-state index in [1.54, 1.807) is 6.92 Å². The van der Waals surface area contributed by atoms with Crippen molar-refractivity contribution in [3.05, 3.63) is 0 Å². The van der Waals surface area contributed by atoms with Crippen LogP contribution in [0, 0.1) is 0 Å². The molecular weight excluding hydrogens is 102 g/mol. The molecule has 0 spiro atoms. The molecule has 1 atom stereocenters. The molecule has 0 aliphatic rings. The second-order valence-corrected chi connectivity index (χ2v) is 1.99. The summed E-state index contributed by atoms with van der Waals surface area (Å²) in [7, 11) is 0. The van der Waals surface area contributed by atoms with Crippen molar-refractivity contribution in [2.24, 2.45) is 0 Å². The molecule has 0 rings (SSSR count). The fourth-order valence-electron chi connectivity index (χ4n) is 0.488. The van der Waals surface area contributed by atoms with Crippen LogP contribution in [0.4, 0.5) is 0 Å². The molecule has 0 aromatic heterocycles. The average Bonchev–Trinajstić information content (AvgIpc) is 1.66. The Balaban J connectivity index is 2.72. The van der Waals surface area contributed by atoms with Gasteiger partial charge in [0.1, 0.15) is 0 Å². The summed E-state index contributed by atoms with van der Waals surface area (Å²) >= 11 is 0. The van der Waals surface area contributed by atoms with Crippen LogP contribution in [0.2, 0.25) is 0 Å². The van der Waals surface area contributed by atoms with E-state index in [4.69, 9.17) is 5.11 Å². The molecule has 0 bridgehead atoms. The molecule has 0 saturated carbocycles. The minimum Gasteiger partial charge on any atom is -0.393 e. The topological polar surface area (TPSA) is 32.3 Å². The van der Waals surface area contributed by atoms with Crippen molar-refractivity contribution in [1.29, 1.82) is 0 Å². The van der Waals surface area contributed by atoms with Crippen LogP contribution in [0.1, 0.15) is 20.3 Å². The molecule has 50 valence electrons. The third-order valence-corrected chi connectivity index (χ3v) is 0.989. The van der Waals surface area contributed by atoms with Gasteiger partial charge >= 0.3 is 0 Å². The van der Waals surface area contributed by atoms with E-state index in [2.05, 4.69) is 12.2 Å². The summed E-state index contributed by atoms with van der Waals surface area (Å²) in [5.41, 5.74) is 0. The molecule has 2 heteroatoms. The Morgan fingerprint density at radius 2 is 2.25 bits per heavy atom. The molecular formula is C6H15NO. The first-order chi connectivity index (χ1) is 3.77. The molecule has 0 aromatic rings. The third kappa shape index (κ3) is 5.92. The van der Waals surface area contributed by atoms with Crippen LogP contribution in [0.5, 0.6) is 0 Å². The zero-order chi connectivity index (χ0) is 6.41. The van der Waals surface area contributed by atoms with Crippen LogP contribution in [-0.4, -0.2) is 24.3 Å². The van der Waals surface area contributed by atoms with Gasteiger partial charge < -0.3 is 10.4 Å². The predicted molar refractivity (Wildman–Crippen MR) is 34.8 cm³/mol. The first-order valence-corrected chi connectivity index (χ1v) is 3.16. The van der Waals surface area contributed by atoms with Gasteiger partial charge in [0.2, 0.25) is 0 Å². The summed E-state index contributed by atoms with van der Waals surface area (Å²) in [5, 5.41) is 11.9. The lowest BCUT2D eigenvalue weighted by Gasteiger charge is -2.02. The molecule has 2 nitrogen and oxygen atoms in total. The summed E-state index contributed by atoms with van der Waals surface area (Å²) in [6.45, 7) is 5.78. The molecule has 8 heavy (non-hydrogen) atoms. The Morgan fingerprint density at radius 3 is 2.62 bits per heavy atom. The lowest BCUT2D eigenvalue weighted by molar-refractivity contribution is 0.184. The lowest BCUT2D eigenvalue weighted by Crippen LogP contribution is -2.18. The molecule has 0 fully saturated rings. The van der Waals surface area contributed by atoms with Gasteiger partial charge in [0.25, 0.3) is 0 Å². The van der Waals surface area contributed by atoms with Gasteiger partial charge in [-0.25, -0.2) is 0 Å². The normalized spacial score (nSPS) is 13.9. The van der Waals surface area contributed by atoms with Crippen molar-refractivity contribution in [2.75, 3.05) is 13.1 Å². The summed E-state index contributed by atoms with van der Waals surface area (Å²) in [5.74, 6) is 0. The standard InChI is InChI=1S/C6H15NO/c1-3-7-5-4-6(2)8/h6-8H,3-5H2,1-2H3. The summed E-state index contributed by atoms with van der Waals surface area (Å²) in [6.07, 6.45) is 0.697. The number of aliphatic hydroxyl groups is 1. The van der Waals surface area contributed by atoms with E-state index in [0.717, 1.165) is 19.5 Å². The van der Waals surface area contributed by atoms with Gasteiger partial charge in [0, 0.05) is 0 Å². The van der Waals surface area contributed by atoms with Gasteiger partial charge in [-0.15, -0.1) is 0 Å². The Labute approximate surface area is 50.9 Å². The molecule has 0 aliphatic carbocycles. The van der Waals surface area contributed by atoms with Crippen LogP contribution in [0.3, 0.4) is 0 Å². The fraction of sp³-hybridized carbons (Fsp3) is 1.00. The van der Waals surface area contributed by atoms with Gasteiger partial charge in [0.15, 0.2) is 0 Å². The molecule has 0 radical (unpaired) electrons. The predicted octanol–water partition coefficient (Wildman–Crippen LogP) is 0.367. The zero-order valence-electron chi connectivity index (χ0n) is 5.65. The average molecular weight is 117 g/mol. The molecule has 0 heterocycles. The van der Waals surface area contributed by atoms with Crippen LogP contribution >= 0.6 is 0 Å². The Bertz CT molecular complexity index is 45.8. The van der Waals surface area contributed by atoms with E-state index in [0.29, 0.717) is 0 Å². The Kier molecular flexibility index (Phi) is 5.01. The van der Waals surface area contributed by atoms with Crippen molar-refractivity contribution in [3.8, 4) is 0 Å². The molecule has 0 aliphatic heterocycles. The highest BCUT2D eigenvalue weighted by molar-refractivity contribution is 4.48. The quantitative estimate of drug-likeness (QED) is 0.521. The maximum atomic E-state index is 8.74. The van der Waals surface area contributed by atoms with Gasteiger partial charge in [-0.05, 0) is 26.4 Å². The maximum Gasteiger partial charge on any atom is 0.0524 e. The number of hydrogen-bond donors (Lipinski definition) is 2. The molecule has 2 N–H and O–H groups in total. The van der Waals surface area contributed by atoms with Crippen LogP contribution in [0.25, 0.3) is 0 Å². The second-order valence-electron chi connectivity index (χ2n) is 1.99. The fourth-order valence-corrected chi connectivity index (χ4v) is 0.488. The maximum absolute atomic E-state index is 8.74. The van der Waals surface area contributed by atoms with E-state index in [9.17, 15) is 0 Å². The van der Waals surface area contributed by atoms with E-state index in [1.165, 1.54) is 0 Å². The first-order valence-electron chi connectivity index (χ1n) is 3.16. The van der Waals surface area contributed by atoms with Crippen LogP contribution in [-0.2, 0) is 0 Å². The van der Waals surface area contributed by atoms with E-state index >= 15 is 0 Å². The third-order valence-electron chi connectivity index (χ3n) is 0.989. The molecule has 0 saturated heterocycles. The molecule has 0 aromatic carbocycles. The summed E-state index contributed by atoms with van der Waals surface area (Å²) in [4.78, 5) is 0. The van der Waals surface area contributed by atoms with E-state index in [1.807, 2.05) is 0 Å². The van der Waals surface area contributed by atoms with Crippen molar-refractivity contribution in [1.82, 2.24) is 5.32 Å². The molecule has 0 amide bonds. The minimum atomic E-state index is -0.158. The van der Waals surface area contributed by atoms with Gasteiger partial charge in [-0.2, -0.15) is 0 Å². The number of rotatable bonds is 4. The highest BCUT2D eigenvalue weighted by atomic mass is 16.3. The summed E-state index contributed by atoms with van der Waals surface area (Å²) in [6, 6.07) is 0.